The molecule has 0 N–H and O–H groups in total. The van der Waals surface area contributed by atoms with Crippen molar-refractivity contribution >= 4 is 5.82 Å². The minimum Gasteiger partial charge on any atom is -0.496 e. The minimum atomic E-state index is -4.49. The Morgan fingerprint density at radius 1 is 1.18 bits per heavy atom. The van der Waals surface area contributed by atoms with Crippen molar-refractivity contribution < 1.29 is 17.9 Å². The van der Waals surface area contributed by atoms with Crippen molar-refractivity contribution in [3.05, 3.63) is 47.4 Å². The lowest BCUT2D eigenvalue weighted by Crippen LogP contribution is -2.20. The summed E-state index contributed by atoms with van der Waals surface area (Å²) in [5.74, 6) is 0.971. The normalized spacial score (nSPS) is 11.4. The third-order valence-corrected chi connectivity index (χ3v) is 3.11. The molecule has 0 unspecified atom stereocenters. The van der Waals surface area contributed by atoms with E-state index in [0.29, 0.717) is 12.3 Å². The predicted octanol–water partition coefficient (Wildman–Crippen LogP) is 3.45. The van der Waals surface area contributed by atoms with Gasteiger partial charge in [0.15, 0.2) is 0 Å². The Morgan fingerprint density at radius 3 is 2.50 bits per heavy atom. The molecule has 0 radical (unpaired) electrons. The molecule has 7 heteroatoms. The van der Waals surface area contributed by atoms with Gasteiger partial charge in [-0.15, -0.1) is 0 Å². The number of hydrogen-bond donors (Lipinski definition) is 0. The molecule has 1 aromatic heterocycles. The molecule has 1 aromatic carbocycles. The molecule has 0 aliphatic rings. The van der Waals surface area contributed by atoms with Gasteiger partial charge in [-0.25, -0.2) is 9.97 Å². The van der Waals surface area contributed by atoms with E-state index < -0.39 is 11.9 Å². The van der Waals surface area contributed by atoms with Crippen LogP contribution in [0.2, 0.25) is 0 Å². The second-order valence-electron chi connectivity index (χ2n) is 4.82. The molecule has 1 heterocycles. The van der Waals surface area contributed by atoms with Crippen molar-refractivity contribution in [1.82, 2.24) is 9.97 Å². The SMILES string of the molecule is COc1ccccc1CN(C)c1cc(C(F)(F)F)nc(C)n1. The van der Waals surface area contributed by atoms with Crippen LogP contribution < -0.4 is 9.64 Å². The van der Waals surface area contributed by atoms with Gasteiger partial charge in [0.05, 0.1) is 7.11 Å². The van der Waals surface area contributed by atoms with Crippen LogP contribution in [0.3, 0.4) is 0 Å². The zero-order chi connectivity index (χ0) is 16.3. The molecule has 0 fully saturated rings. The second kappa shape index (κ2) is 6.21. The summed E-state index contributed by atoms with van der Waals surface area (Å²) in [5, 5.41) is 0. The Hall–Kier alpha value is -2.31. The number of para-hydroxylation sites is 1. The highest BCUT2D eigenvalue weighted by atomic mass is 19.4. The fourth-order valence-electron chi connectivity index (χ4n) is 2.06. The summed E-state index contributed by atoms with van der Waals surface area (Å²) >= 11 is 0. The average Bonchev–Trinajstić information content (AvgIpc) is 2.46. The Kier molecular flexibility index (Phi) is 4.54. The van der Waals surface area contributed by atoms with Crippen molar-refractivity contribution in [2.24, 2.45) is 0 Å². The lowest BCUT2D eigenvalue weighted by Gasteiger charge is -2.21. The monoisotopic (exact) mass is 311 g/mol. The van der Waals surface area contributed by atoms with E-state index in [1.165, 1.54) is 6.92 Å². The number of nitrogens with zero attached hydrogens (tertiary/aromatic N) is 3. The van der Waals surface area contributed by atoms with Crippen molar-refractivity contribution in [2.45, 2.75) is 19.6 Å². The lowest BCUT2D eigenvalue weighted by molar-refractivity contribution is -0.141. The first-order valence-corrected chi connectivity index (χ1v) is 6.57. The maximum atomic E-state index is 12.8. The fourth-order valence-corrected chi connectivity index (χ4v) is 2.06. The molecule has 4 nitrogen and oxygen atoms in total. The van der Waals surface area contributed by atoms with Crippen LogP contribution in [0.5, 0.6) is 5.75 Å². The predicted molar refractivity (Wildman–Crippen MR) is 76.9 cm³/mol. The maximum Gasteiger partial charge on any atom is 0.433 e. The molecule has 0 amide bonds. The van der Waals surface area contributed by atoms with Gasteiger partial charge in [0.1, 0.15) is 23.1 Å². The number of methoxy groups -OCH3 is 1. The van der Waals surface area contributed by atoms with Gasteiger partial charge in [-0.1, -0.05) is 18.2 Å². The van der Waals surface area contributed by atoms with Gasteiger partial charge in [-0.3, -0.25) is 0 Å². The quantitative estimate of drug-likeness (QED) is 0.867. The molecule has 0 bridgehead atoms. The molecule has 2 rings (SSSR count). The minimum absolute atomic E-state index is 0.0803. The van der Waals surface area contributed by atoms with Gasteiger partial charge in [-0.05, 0) is 13.0 Å². The number of aromatic nitrogens is 2. The maximum absolute atomic E-state index is 12.8. The molecule has 0 saturated carbocycles. The molecule has 0 atom stereocenters. The molecule has 0 spiro atoms. The summed E-state index contributed by atoms with van der Waals surface area (Å²) in [6.07, 6.45) is -4.49. The molecule has 118 valence electrons. The van der Waals surface area contributed by atoms with Crippen LogP contribution in [0.1, 0.15) is 17.1 Å². The van der Waals surface area contributed by atoms with Gasteiger partial charge in [0.2, 0.25) is 0 Å². The smallest absolute Gasteiger partial charge is 0.433 e. The third kappa shape index (κ3) is 3.66. The van der Waals surface area contributed by atoms with Crippen LogP contribution >= 0.6 is 0 Å². The highest BCUT2D eigenvalue weighted by Gasteiger charge is 2.33. The first-order chi connectivity index (χ1) is 10.3. The topological polar surface area (TPSA) is 38.2 Å². The van der Waals surface area contributed by atoms with E-state index in [1.807, 2.05) is 18.2 Å². The van der Waals surface area contributed by atoms with Gasteiger partial charge >= 0.3 is 6.18 Å². The highest BCUT2D eigenvalue weighted by Crippen LogP contribution is 2.30. The Bertz CT molecular complexity index is 659. The number of anilines is 1. The summed E-state index contributed by atoms with van der Waals surface area (Å²) in [6.45, 7) is 1.81. The van der Waals surface area contributed by atoms with Gasteiger partial charge in [0.25, 0.3) is 0 Å². The van der Waals surface area contributed by atoms with Gasteiger partial charge in [-0.2, -0.15) is 13.2 Å². The van der Waals surface area contributed by atoms with Crippen LogP contribution in [0.15, 0.2) is 30.3 Å². The molecular weight excluding hydrogens is 295 g/mol. The van der Waals surface area contributed by atoms with E-state index in [1.54, 1.807) is 25.1 Å². The Labute approximate surface area is 126 Å². The number of halogens is 3. The van der Waals surface area contributed by atoms with Crippen LogP contribution in [0, 0.1) is 6.92 Å². The summed E-state index contributed by atoms with van der Waals surface area (Å²) in [7, 11) is 3.23. The summed E-state index contributed by atoms with van der Waals surface area (Å²) in [4.78, 5) is 9.14. The Morgan fingerprint density at radius 2 is 1.86 bits per heavy atom. The highest BCUT2D eigenvalue weighted by molar-refractivity contribution is 5.43. The van der Waals surface area contributed by atoms with Crippen LogP contribution in [0.4, 0.5) is 19.0 Å². The van der Waals surface area contributed by atoms with Gasteiger partial charge in [0, 0.05) is 25.2 Å². The van der Waals surface area contributed by atoms with E-state index >= 15 is 0 Å². The zero-order valence-electron chi connectivity index (χ0n) is 12.5. The van der Waals surface area contributed by atoms with Crippen LogP contribution in [-0.4, -0.2) is 24.1 Å². The van der Waals surface area contributed by atoms with E-state index in [0.717, 1.165) is 11.6 Å². The summed E-state index contributed by atoms with van der Waals surface area (Å²) in [6, 6.07) is 8.28. The molecule has 2 aromatic rings. The summed E-state index contributed by atoms with van der Waals surface area (Å²) < 4.78 is 43.7. The third-order valence-electron chi connectivity index (χ3n) is 3.11. The number of aryl methyl sites for hydroxylation is 1. The molecular formula is C15H16F3N3O. The number of rotatable bonds is 4. The number of benzene rings is 1. The molecule has 0 aliphatic heterocycles. The number of hydrogen-bond acceptors (Lipinski definition) is 4. The first kappa shape index (κ1) is 16.1. The summed E-state index contributed by atoms with van der Waals surface area (Å²) in [5.41, 5.74) is -0.0841. The Balaban J connectivity index is 2.30. The van der Waals surface area contributed by atoms with E-state index in [9.17, 15) is 13.2 Å². The fraction of sp³-hybridized carbons (Fsp3) is 0.333. The van der Waals surface area contributed by atoms with Crippen LogP contribution in [-0.2, 0) is 12.7 Å². The van der Waals surface area contributed by atoms with Crippen molar-refractivity contribution in [3.63, 3.8) is 0 Å². The molecule has 0 aliphatic carbocycles. The molecule has 0 saturated heterocycles. The zero-order valence-corrected chi connectivity index (χ0v) is 12.5. The van der Waals surface area contributed by atoms with E-state index in [-0.39, 0.29) is 11.6 Å². The van der Waals surface area contributed by atoms with Crippen molar-refractivity contribution in [1.29, 1.82) is 0 Å². The van der Waals surface area contributed by atoms with Crippen molar-refractivity contribution in [3.8, 4) is 5.75 Å². The van der Waals surface area contributed by atoms with Crippen molar-refractivity contribution in [2.75, 3.05) is 19.1 Å². The molecule has 22 heavy (non-hydrogen) atoms. The van der Waals surface area contributed by atoms with E-state index in [4.69, 9.17) is 4.74 Å². The average molecular weight is 311 g/mol. The van der Waals surface area contributed by atoms with Gasteiger partial charge < -0.3 is 9.64 Å². The lowest BCUT2D eigenvalue weighted by atomic mass is 10.2. The second-order valence-corrected chi connectivity index (χ2v) is 4.82. The van der Waals surface area contributed by atoms with Crippen LogP contribution in [0.25, 0.3) is 0 Å². The first-order valence-electron chi connectivity index (χ1n) is 6.57. The number of ether oxygens (including phenoxy) is 1. The van der Waals surface area contributed by atoms with E-state index in [2.05, 4.69) is 9.97 Å². The number of alkyl halides is 3. The largest absolute Gasteiger partial charge is 0.496 e. The standard InChI is InChI=1S/C15H16F3N3O/c1-10-19-13(15(16,17)18)8-14(20-10)21(2)9-11-6-4-5-7-12(11)22-3/h4-8H,9H2,1-3H3.